The summed E-state index contributed by atoms with van der Waals surface area (Å²) in [5.41, 5.74) is 2.29. The third-order valence-corrected chi connectivity index (χ3v) is 3.58. The number of nitrogens with zero attached hydrogens (tertiary/aromatic N) is 2. The SMILES string of the molecule is CSc1ccc(-c2c(Br)ncn2C)cc1. The van der Waals surface area contributed by atoms with E-state index in [2.05, 4.69) is 51.4 Å². The van der Waals surface area contributed by atoms with Crippen LogP contribution in [0.5, 0.6) is 0 Å². The second kappa shape index (κ2) is 4.41. The summed E-state index contributed by atoms with van der Waals surface area (Å²) in [5.74, 6) is 0. The van der Waals surface area contributed by atoms with E-state index >= 15 is 0 Å². The van der Waals surface area contributed by atoms with Gasteiger partial charge >= 0.3 is 0 Å². The first kappa shape index (κ1) is 10.8. The number of hydrogen-bond donors (Lipinski definition) is 0. The van der Waals surface area contributed by atoms with Gasteiger partial charge in [-0.3, -0.25) is 0 Å². The Hall–Kier alpha value is -0.740. The number of thioether (sulfide) groups is 1. The molecule has 4 heteroatoms. The molecule has 0 saturated carbocycles. The fourth-order valence-corrected chi connectivity index (χ4v) is 2.48. The van der Waals surface area contributed by atoms with E-state index in [4.69, 9.17) is 0 Å². The molecule has 0 unspecified atom stereocenters. The lowest BCUT2D eigenvalue weighted by Crippen LogP contribution is -1.89. The van der Waals surface area contributed by atoms with Gasteiger partial charge in [-0.25, -0.2) is 4.98 Å². The number of aromatic nitrogens is 2. The van der Waals surface area contributed by atoms with Gasteiger partial charge < -0.3 is 4.57 Å². The van der Waals surface area contributed by atoms with Crippen LogP contribution in [0.2, 0.25) is 0 Å². The molecular formula is C11H11BrN2S. The maximum atomic E-state index is 4.21. The standard InChI is InChI=1S/C11H11BrN2S/c1-14-7-13-11(12)10(14)8-3-5-9(15-2)6-4-8/h3-7H,1-2H3. The average molecular weight is 283 g/mol. The first-order valence-electron chi connectivity index (χ1n) is 4.53. The zero-order chi connectivity index (χ0) is 10.8. The highest BCUT2D eigenvalue weighted by atomic mass is 79.9. The number of halogens is 1. The van der Waals surface area contributed by atoms with Crippen LogP contribution < -0.4 is 0 Å². The lowest BCUT2D eigenvalue weighted by Gasteiger charge is -2.04. The quantitative estimate of drug-likeness (QED) is 0.784. The van der Waals surface area contributed by atoms with Crippen LogP contribution in [-0.4, -0.2) is 15.8 Å². The Morgan fingerprint density at radius 3 is 2.40 bits per heavy atom. The number of rotatable bonds is 2. The number of imidazole rings is 1. The average Bonchev–Trinajstić information content (AvgIpc) is 2.59. The summed E-state index contributed by atoms with van der Waals surface area (Å²) in [6.45, 7) is 0. The van der Waals surface area contributed by atoms with Gasteiger partial charge in [0.05, 0.1) is 12.0 Å². The molecule has 0 saturated heterocycles. The summed E-state index contributed by atoms with van der Waals surface area (Å²) in [7, 11) is 2.00. The number of hydrogen-bond acceptors (Lipinski definition) is 2. The third-order valence-electron chi connectivity index (χ3n) is 2.26. The highest BCUT2D eigenvalue weighted by Gasteiger charge is 2.08. The topological polar surface area (TPSA) is 17.8 Å². The Kier molecular flexibility index (Phi) is 3.17. The van der Waals surface area contributed by atoms with Crippen molar-refractivity contribution in [1.29, 1.82) is 0 Å². The lowest BCUT2D eigenvalue weighted by atomic mass is 10.2. The molecular weight excluding hydrogens is 272 g/mol. The molecule has 1 aromatic heterocycles. The maximum absolute atomic E-state index is 4.21. The number of aryl methyl sites for hydroxylation is 1. The Balaban J connectivity index is 2.45. The van der Waals surface area contributed by atoms with Crippen LogP contribution in [0.15, 0.2) is 40.1 Å². The van der Waals surface area contributed by atoms with Gasteiger partial charge in [0.25, 0.3) is 0 Å². The Morgan fingerprint density at radius 2 is 1.93 bits per heavy atom. The fraction of sp³-hybridized carbons (Fsp3) is 0.182. The predicted molar refractivity (Wildman–Crippen MR) is 68.1 cm³/mol. The molecule has 2 aromatic rings. The van der Waals surface area contributed by atoms with Crippen molar-refractivity contribution in [2.24, 2.45) is 7.05 Å². The predicted octanol–water partition coefficient (Wildman–Crippen LogP) is 3.57. The van der Waals surface area contributed by atoms with E-state index in [9.17, 15) is 0 Å². The molecule has 2 rings (SSSR count). The highest BCUT2D eigenvalue weighted by molar-refractivity contribution is 9.10. The Bertz CT molecular complexity index is 442. The molecule has 0 aliphatic heterocycles. The molecule has 0 aliphatic carbocycles. The minimum atomic E-state index is 0.891. The van der Waals surface area contributed by atoms with Crippen molar-refractivity contribution in [3.05, 3.63) is 35.2 Å². The monoisotopic (exact) mass is 282 g/mol. The van der Waals surface area contributed by atoms with Gasteiger partial charge in [0.1, 0.15) is 4.60 Å². The summed E-state index contributed by atoms with van der Waals surface area (Å²) in [6.07, 6.45) is 3.89. The minimum absolute atomic E-state index is 0.891. The highest BCUT2D eigenvalue weighted by Crippen LogP contribution is 2.28. The van der Waals surface area contributed by atoms with Crippen molar-refractivity contribution in [3.63, 3.8) is 0 Å². The molecule has 78 valence electrons. The van der Waals surface area contributed by atoms with Crippen LogP contribution in [-0.2, 0) is 7.05 Å². The molecule has 0 fully saturated rings. The molecule has 1 aromatic carbocycles. The van der Waals surface area contributed by atoms with Gasteiger partial charge in [-0.15, -0.1) is 11.8 Å². The van der Waals surface area contributed by atoms with E-state index in [-0.39, 0.29) is 0 Å². The molecule has 0 atom stereocenters. The molecule has 15 heavy (non-hydrogen) atoms. The summed E-state index contributed by atoms with van der Waals surface area (Å²) in [5, 5.41) is 0. The van der Waals surface area contributed by atoms with Crippen molar-refractivity contribution in [2.45, 2.75) is 4.90 Å². The fourth-order valence-electron chi connectivity index (χ4n) is 1.47. The lowest BCUT2D eigenvalue weighted by molar-refractivity contribution is 0.921. The van der Waals surface area contributed by atoms with Crippen molar-refractivity contribution in [3.8, 4) is 11.3 Å². The first-order chi connectivity index (χ1) is 7.22. The van der Waals surface area contributed by atoms with E-state index in [0.29, 0.717) is 0 Å². The summed E-state index contributed by atoms with van der Waals surface area (Å²) >= 11 is 5.20. The molecule has 0 radical (unpaired) electrons. The van der Waals surface area contributed by atoms with Crippen LogP contribution in [0.4, 0.5) is 0 Å². The first-order valence-corrected chi connectivity index (χ1v) is 6.55. The maximum Gasteiger partial charge on any atom is 0.132 e. The zero-order valence-corrected chi connectivity index (χ0v) is 11.0. The normalized spacial score (nSPS) is 10.6. The van der Waals surface area contributed by atoms with Gasteiger partial charge in [0, 0.05) is 17.5 Å². The second-order valence-corrected chi connectivity index (χ2v) is 4.85. The zero-order valence-electron chi connectivity index (χ0n) is 8.57. The van der Waals surface area contributed by atoms with Crippen LogP contribution in [0.3, 0.4) is 0 Å². The molecule has 0 spiro atoms. The minimum Gasteiger partial charge on any atom is -0.333 e. The molecule has 2 nitrogen and oxygen atoms in total. The summed E-state index contributed by atoms with van der Waals surface area (Å²) in [4.78, 5) is 5.48. The molecule has 0 aliphatic rings. The van der Waals surface area contributed by atoms with Gasteiger partial charge in [0.2, 0.25) is 0 Å². The van der Waals surface area contributed by atoms with E-state index in [0.717, 1.165) is 10.3 Å². The van der Waals surface area contributed by atoms with Crippen LogP contribution in [0.1, 0.15) is 0 Å². The van der Waals surface area contributed by atoms with E-state index in [1.165, 1.54) is 10.5 Å². The second-order valence-electron chi connectivity index (χ2n) is 3.22. The largest absolute Gasteiger partial charge is 0.333 e. The van der Waals surface area contributed by atoms with Crippen LogP contribution in [0.25, 0.3) is 11.3 Å². The van der Waals surface area contributed by atoms with Crippen molar-refractivity contribution in [2.75, 3.05) is 6.26 Å². The van der Waals surface area contributed by atoms with E-state index < -0.39 is 0 Å². The van der Waals surface area contributed by atoms with Gasteiger partial charge in [-0.2, -0.15) is 0 Å². The van der Waals surface area contributed by atoms with Crippen LogP contribution in [0, 0.1) is 0 Å². The molecule has 0 bridgehead atoms. The van der Waals surface area contributed by atoms with Crippen LogP contribution >= 0.6 is 27.7 Å². The van der Waals surface area contributed by atoms with Gasteiger partial charge in [-0.1, -0.05) is 12.1 Å². The van der Waals surface area contributed by atoms with Crippen molar-refractivity contribution < 1.29 is 0 Å². The summed E-state index contributed by atoms with van der Waals surface area (Å²) in [6, 6.07) is 8.49. The Labute approximate surface area is 102 Å². The molecule has 0 amide bonds. The van der Waals surface area contributed by atoms with Crippen molar-refractivity contribution >= 4 is 27.7 Å². The van der Waals surface area contributed by atoms with Gasteiger partial charge in [0.15, 0.2) is 0 Å². The smallest absolute Gasteiger partial charge is 0.132 e. The van der Waals surface area contributed by atoms with Gasteiger partial charge in [-0.05, 0) is 34.3 Å². The van der Waals surface area contributed by atoms with Crippen molar-refractivity contribution in [1.82, 2.24) is 9.55 Å². The molecule has 0 N–H and O–H groups in total. The summed E-state index contributed by atoms with van der Waals surface area (Å²) < 4.78 is 2.90. The molecule has 1 heterocycles. The van der Waals surface area contributed by atoms with E-state index in [1.807, 2.05) is 17.9 Å². The third kappa shape index (κ3) is 2.11. The number of benzene rings is 1. The van der Waals surface area contributed by atoms with E-state index in [1.54, 1.807) is 11.8 Å². The Morgan fingerprint density at radius 1 is 1.27 bits per heavy atom.